The maximum atomic E-state index is 13.5. The van der Waals surface area contributed by atoms with Crippen LogP contribution in [0, 0.1) is 5.82 Å². The number of imidazole rings is 1. The summed E-state index contributed by atoms with van der Waals surface area (Å²) in [5.41, 5.74) is 2.73. The predicted molar refractivity (Wildman–Crippen MR) is 108 cm³/mol. The molecule has 0 unspecified atom stereocenters. The lowest BCUT2D eigenvalue weighted by atomic mass is 10.2. The SMILES string of the molecule is CCNC(=NCc1ccc(O)c(F)c1)N(C)Cc1ncc(-c2ccccc2)[nH]1. The van der Waals surface area contributed by atoms with Gasteiger partial charge in [-0.25, -0.2) is 14.4 Å². The molecule has 0 atom stereocenters. The fourth-order valence-electron chi connectivity index (χ4n) is 2.79. The Morgan fingerprint density at radius 1 is 1.25 bits per heavy atom. The Morgan fingerprint density at radius 2 is 2.04 bits per heavy atom. The Morgan fingerprint density at radius 3 is 2.75 bits per heavy atom. The van der Waals surface area contributed by atoms with Crippen LogP contribution in [0.15, 0.2) is 59.7 Å². The van der Waals surface area contributed by atoms with E-state index in [1.54, 1.807) is 6.07 Å². The zero-order valence-corrected chi connectivity index (χ0v) is 16.0. The lowest BCUT2D eigenvalue weighted by Crippen LogP contribution is -2.38. The summed E-state index contributed by atoms with van der Waals surface area (Å²) >= 11 is 0. The molecule has 0 amide bonds. The van der Waals surface area contributed by atoms with Gasteiger partial charge in [0, 0.05) is 13.6 Å². The summed E-state index contributed by atoms with van der Waals surface area (Å²) in [6.07, 6.45) is 1.82. The van der Waals surface area contributed by atoms with Crippen molar-refractivity contribution in [3.05, 3.63) is 71.9 Å². The summed E-state index contributed by atoms with van der Waals surface area (Å²) in [4.78, 5) is 14.3. The normalized spacial score (nSPS) is 11.5. The fraction of sp³-hybridized carbons (Fsp3) is 0.238. The van der Waals surface area contributed by atoms with Gasteiger partial charge in [0.15, 0.2) is 17.5 Å². The fourth-order valence-corrected chi connectivity index (χ4v) is 2.79. The number of aromatic nitrogens is 2. The van der Waals surface area contributed by atoms with Crippen LogP contribution in [0.1, 0.15) is 18.3 Å². The average Bonchev–Trinajstić information content (AvgIpc) is 3.17. The number of aromatic hydroxyl groups is 1. The topological polar surface area (TPSA) is 76.5 Å². The molecule has 0 bridgehead atoms. The van der Waals surface area contributed by atoms with Gasteiger partial charge in [0.25, 0.3) is 0 Å². The van der Waals surface area contributed by atoms with E-state index in [4.69, 9.17) is 0 Å². The number of hydrogen-bond acceptors (Lipinski definition) is 3. The van der Waals surface area contributed by atoms with Crippen LogP contribution in [0.2, 0.25) is 0 Å². The number of phenolic OH excluding ortho intramolecular Hbond substituents is 1. The van der Waals surface area contributed by atoms with E-state index in [-0.39, 0.29) is 5.75 Å². The maximum absolute atomic E-state index is 13.5. The molecule has 1 aromatic heterocycles. The van der Waals surface area contributed by atoms with Crippen molar-refractivity contribution >= 4 is 5.96 Å². The molecule has 3 rings (SSSR count). The van der Waals surface area contributed by atoms with E-state index >= 15 is 0 Å². The molecule has 0 saturated heterocycles. The minimum absolute atomic E-state index is 0.303. The van der Waals surface area contributed by atoms with Gasteiger partial charge in [0.2, 0.25) is 0 Å². The highest BCUT2D eigenvalue weighted by Crippen LogP contribution is 2.18. The Kier molecular flexibility index (Phi) is 6.26. The van der Waals surface area contributed by atoms with Crippen molar-refractivity contribution in [1.82, 2.24) is 20.2 Å². The summed E-state index contributed by atoms with van der Waals surface area (Å²) in [5.74, 6) is 0.509. The Labute approximate surface area is 163 Å². The van der Waals surface area contributed by atoms with Gasteiger partial charge in [-0.05, 0) is 30.2 Å². The van der Waals surface area contributed by atoms with Crippen LogP contribution in [0.25, 0.3) is 11.3 Å². The highest BCUT2D eigenvalue weighted by Gasteiger charge is 2.10. The van der Waals surface area contributed by atoms with Crippen molar-refractivity contribution in [2.24, 2.45) is 4.99 Å². The Balaban J connectivity index is 1.69. The number of nitrogens with one attached hydrogen (secondary N) is 2. The van der Waals surface area contributed by atoms with Crippen molar-refractivity contribution in [2.75, 3.05) is 13.6 Å². The summed E-state index contributed by atoms with van der Waals surface area (Å²) < 4.78 is 13.5. The highest BCUT2D eigenvalue weighted by molar-refractivity contribution is 5.79. The van der Waals surface area contributed by atoms with Crippen molar-refractivity contribution in [3.8, 4) is 17.0 Å². The number of H-pyrrole nitrogens is 1. The first-order valence-electron chi connectivity index (χ1n) is 9.13. The van der Waals surface area contributed by atoms with Crippen molar-refractivity contribution in [1.29, 1.82) is 0 Å². The van der Waals surface area contributed by atoms with Crippen LogP contribution < -0.4 is 5.32 Å². The lowest BCUT2D eigenvalue weighted by Gasteiger charge is -2.21. The summed E-state index contributed by atoms with van der Waals surface area (Å²) in [7, 11) is 1.92. The molecule has 0 saturated carbocycles. The van der Waals surface area contributed by atoms with Gasteiger partial charge in [-0.3, -0.25) is 0 Å². The summed E-state index contributed by atoms with van der Waals surface area (Å²) in [5, 5.41) is 12.5. The van der Waals surface area contributed by atoms with Crippen LogP contribution >= 0.6 is 0 Å². The molecule has 0 aliphatic rings. The third-order valence-corrected chi connectivity index (χ3v) is 4.22. The van der Waals surface area contributed by atoms with Gasteiger partial charge in [0.05, 0.1) is 25.0 Å². The summed E-state index contributed by atoms with van der Waals surface area (Å²) in [6.45, 7) is 3.55. The smallest absolute Gasteiger partial charge is 0.194 e. The largest absolute Gasteiger partial charge is 0.505 e. The van der Waals surface area contributed by atoms with Gasteiger partial charge in [-0.15, -0.1) is 0 Å². The molecule has 0 aliphatic carbocycles. The van der Waals surface area contributed by atoms with Crippen molar-refractivity contribution < 1.29 is 9.50 Å². The Bertz CT molecular complexity index is 939. The molecule has 1 heterocycles. The lowest BCUT2D eigenvalue weighted by molar-refractivity contribution is 0.431. The minimum Gasteiger partial charge on any atom is -0.505 e. The molecule has 2 aromatic carbocycles. The standard InChI is InChI=1S/C21H24FN5O/c1-3-23-21(25-12-15-9-10-19(28)17(22)11-15)27(2)14-20-24-13-18(26-20)16-7-5-4-6-8-16/h4-11,13,28H,3,12,14H2,1-2H3,(H,23,25)(H,24,26). The highest BCUT2D eigenvalue weighted by atomic mass is 19.1. The van der Waals surface area contributed by atoms with Crippen LogP contribution in [0.3, 0.4) is 0 Å². The number of rotatable bonds is 6. The minimum atomic E-state index is -0.643. The zero-order valence-electron chi connectivity index (χ0n) is 16.0. The monoisotopic (exact) mass is 381 g/mol. The molecule has 0 spiro atoms. The van der Waals surface area contributed by atoms with Gasteiger partial charge in [-0.2, -0.15) is 0 Å². The van der Waals surface area contributed by atoms with Gasteiger partial charge >= 0.3 is 0 Å². The van der Waals surface area contributed by atoms with Gasteiger partial charge < -0.3 is 20.3 Å². The third-order valence-electron chi connectivity index (χ3n) is 4.22. The van der Waals surface area contributed by atoms with Crippen molar-refractivity contribution in [2.45, 2.75) is 20.0 Å². The van der Waals surface area contributed by atoms with Crippen LogP contribution in [0.4, 0.5) is 4.39 Å². The number of nitrogens with zero attached hydrogens (tertiary/aromatic N) is 3. The van der Waals surface area contributed by atoms with Crippen LogP contribution in [-0.2, 0) is 13.1 Å². The number of guanidine groups is 1. The maximum Gasteiger partial charge on any atom is 0.194 e. The number of aliphatic imine (C=N–C) groups is 1. The molecule has 3 aromatic rings. The number of hydrogen-bond donors (Lipinski definition) is 3. The van der Waals surface area contributed by atoms with E-state index in [0.29, 0.717) is 31.2 Å². The molecular weight excluding hydrogens is 357 g/mol. The van der Waals surface area contributed by atoms with E-state index in [9.17, 15) is 9.50 Å². The number of halogens is 1. The van der Waals surface area contributed by atoms with E-state index in [2.05, 4.69) is 20.3 Å². The second-order valence-corrected chi connectivity index (χ2v) is 6.42. The second kappa shape index (κ2) is 9.03. The Hall–Kier alpha value is -3.35. The summed E-state index contributed by atoms with van der Waals surface area (Å²) in [6, 6.07) is 14.3. The molecule has 3 N–H and O–H groups in total. The van der Waals surface area contributed by atoms with E-state index in [1.165, 1.54) is 12.1 Å². The van der Waals surface area contributed by atoms with Gasteiger partial charge in [0.1, 0.15) is 5.82 Å². The quantitative estimate of drug-likeness (QED) is 0.451. The zero-order chi connectivity index (χ0) is 19.9. The first-order chi connectivity index (χ1) is 13.6. The molecule has 146 valence electrons. The van der Waals surface area contributed by atoms with E-state index < -0.39 is 5.82 Å². The van der Waals surface area contributed by atoms with Crippen LogP contribution in [0.5, 0.6) is 5.75 Å². The molecule has 0 fully saturated rings. The molecule has 6 nitrogen and oxygen atoms in total. The predicted octanol–water partition coefficient (Wildman–Crippen LogP) is 3.52. The number of phenols is 1. The average molecular weight is 381 g/mol. The number of aromatic amines is 1. The molecule has 0 aliphatic heterocycles. The molecular formula is C21H24FN5O. The first-order valence-corrected chi connectivity index (χ1v) is 9.13. The van der Waals surface area contributed by atoms with Gasteiger partial charge in [-0.1, -0.05) is 36.4 Å². The van der Waals surface area contributed by atoms with Crippen molar-refractivity contribution in [3.63, 3.8) is 0 Å². The molecule has 28 heavy (non-hydrogen) atoms. The van der Waals surface area contributed by atoms with E-state index in [1.807, 2.05) is 55.4 Å². The number of benzene rings is 2. The van der Waals surface area contributed by atoms with Crippen LogP contribution in [-0.4, -0.2) is 39.5 Å². The second-order valence-electron chi connectivity index (χ2n) is 6.42. The van der Waals surface area contributed by atoms with E-state index in [0.717, 1.165) is 17.1 Å². The molecule has 0 radical (unpaired) electrons. The molecule has 7 heteroatoms. The first kappa shape index (κ1) is 19.4. The third kappa shape index (κ3) is 4.88.